The Bertz CT molecular complexity index is 1210. The monoisotopic (exact) mass is 436 g/mol. The van der Waals surface area contributed by atoms with Gasteiger partial charge in [0.2, 0.25) is 5.91 Å². The molecule has 7 heteroatoms. The van der Waals surface area contributed by atoms with Crippen LogP contribution in [0.2, 0.25) is 0 Å². The Morgan fingerprint density at radius 3 is 2.70 bits per heavy atom. The van der Waals surface area contributed by atoms with Gasteiger partial charge in [-0.05, 0) is 44.5 Å². The van der Waals surface area contributed by atoms with E-state index in [2.05, 4.69) is 30.5 Å². The quantitative estimate of drug-likeness (QED) is 0.342. The van der Waals surface area contributed by atoms with Gasteiger partial charge >= 0.3 is 0 Å². The molecule has 0 spiro atoms. The van der Waals surface area contributed by atoms with Crippen molar-refractivity contribution >= 4 is 50.9 Å². The number of benzene rings is 2. The number of carbonyl (C=O) groups is 1. The first-order valence-electron chi connectivity index (χ1n) is 9.88. The van der Waals surface area contributed by atoms with Crippen molar-refractivity contribution in [2.45, 2.75) is 45.1 Å². The topological polar surface area (TPSA) is 51.0 Å². The van der Waals surface area contributed by atoms with Crippen molar-refractivity contribution in [3.8, 4) is 0 Å². The van der Waals surface area contributed by atoms with Crippen LogP contribution in [0.25, 0.3) is 11.0 Å². The highest BCUT2D eigenvalue weighted by Gasteiger charge is 2.20. The SMILES string of the molecule is CCn1c(SCc2csc(N(C(C)=O)c3ccc(C)cc3C)n2)nc2ccccc21. The van der Waals surface area contributed by atoms with E-state index in [1.165, 1.54) is 16.9 Å². The molecule has 1 amide bonds. The van der Waals surface area contributed by atoms with E-state index in [0.717, 1.165) is 39.7 Å². The van der Waals surface area contributed by atoms with Crippen molar-refractivity contribution < 1.29 is 4.79 Å². The number of thiazole rings is 1. The second-order valence-corrected chi connectivity index (χ2v) is 8.96. The van der Waals surface area contributed by atoms with Gasteiger partial charge in [0, 0.05) is 24.6 Å². The molecule has 0 saturated heterocycles. The predicted octanol–water partition coefficient (Wildman–Crippen LogP) is 6.11. The second-order valence-electron chi connectivity index (χ2n) is 7.18. The van der Waals surface area contributed by atoms with Crippen LogP contribution in [0.4, 0.5) is 10.8 Å². The number of amides is 1. The number of aromatic nitrogens is 3. The molecule has 30 heavy (non-hydrogen) atoms. The molecule has 5 nitrogen and oxygen atoms in total. The normalized spacial score (nSPS) is 11.2. The van der Waals surface area contributed by atoms with Crippen molar-refractivity contribution in [2.24, 2.45) is 0 Å². The van der Waals surface area contributed by atoms with E-state index in [-0.39, 0.29) is 5.91 Å². The molecule has 0 unspecified atom stereocenters. The van der Waals surface area contributed by atoms with Crippen LogP contribution in [-0.4, -0.2) is 20.4 Å². The summed E-state index contributed by atoms with van der Waals surface area (Å²) in [7, 11) is 0. The zero-order chi connectivity index (χ0) is 21.3. The number of rotatable bonds is 6. The summed E-state index contributed by atoms with van der Waals surface area (Å²) in [6, 6.07) is 14.3. The molecule has 2 heterocycles. The first kappa shape index (κ1) is 20.6. The van der Waals surface area contributed by atoms with Gasteiger partial charge in [-0.25, -0.2) is 9.97 Å². The Morgan fingerprint density at radius 1 is 1.17 bits per heavy atom. The average molecular weight is 437 g/mol. The molecule has 0 bridgehead atoms. The van der Waals surface area contributed by atoms with Crippen LogP contribution in [0.5, 0.6) is 0 Å². The molecule has 0 fully saturated rings. The smallest absolute Gasteiger partial charge is 0.230 e. The summed E-state index contributed by atoms with van der Waals surface area (Å²) in [6.45, 7) is 8.66. The summed E-state index contributed by atoms with van der Waals surface area (Å²) < 4.78 is 2.23. The first-order chi connectivity index (χ1) is 14.5. The van der Waals surface area contributed by atoms with E-state index in [1.54, 1.807) is 23.6 Å². The lowest BCUT2D eigenvalue weighted by atomic mass is 10.1. The predicted molar refractivity (Wildman–Crippen MR) is 126 cm³/mol. The van der Waals surface area contributed by atoms with Crippen LogP contribution in [0, 0.1) is 13.8 Å². The number of para-hydroxylation sites is 2. The molecule has 0 atom stereocenters. The summed E-state index contributed by atoms with van der Waals surface area (Å²) in [5.41, 5.74) is 6.24. The van der Waals surface area contributed by atoms with Crippen LogP contribution >= 0.6 is 23.1 Å². The second kappa shape index (κ2) is 8.62. The number of nitrogens with zero attached hydrogens (tertiary/aromatic N) is 4. The lowest BCUT2D eigenvalue weighted by Gasteiger charge is -2.20. The van der Waals surface area contributed by atoms with Crippen LogP contribution < -0.4 is 4.90 Å². The number of carbonyl (C=O) groups excluding carboxylic acids is 1. The average Bonchev–Trinajstić information content (AvgIpc) is 3.32. The van der Waals surface area contributed by atoms with Crippen molar-refractivity contribution in [3.05, 3.63) is 64.7 Å². The van der Waals surface area contributed by atoms with Crippen molar-refractivity contribution in [3.63, 3.8) is 0 Å². The molecule has 0 aliphatic carbocycles. The zero-order valence-electron chi connectivity index (χ0n) is 17.5. The molecule has 4 rings (SSSR count). The molecular formula is C23H24N4OS2. The number of thioether (sulfide) groups is 1. The summed E-state index contributed by atoms with van der Waals surface area (Å²) in [4.78, 5) is 23.7. The van der Waals surface area contributed by atoms with Gasteiger partial charge in [0.25, 0.3) is 0 Å². The van der Waals surface area contributed by atoms with Gasteiger partial charge in [-0.3, -0.25) is 9.69 Å². The Morgan fingerprint density at radius 2 is 1.97 bits per heavy atom. The summed E-state index contributed by atoms with van der Waals surface area (Å²) >= 11 is 3.17. The molecule has 0 aliphatic rings. The van der Waals surface area contributed by atoms with E-state index in [4.69, 9.17) is 9.97 Å². The Balaban J connectivity index is 1.57. The molecule has 0 saturated carbocycles. The molecule has 0 N–H and O–H groups in total. The fourth-order valence-corrected chi connectivity index (χ4v) is 5.49. The minimum Gasteiger partial charge on any atom is -0.319 e. The molecule has 0 aliphatic heterocycles. The van der Waals surface area contributed by atoms with E-state index in [1.807, 2.05) is 42.6 Å². The van der Waals surface area contributed by atoms with E-state index >= 15 is 0 Å². The summed E-state index contributed by atoms with van der Waals surface area (Å²) in [5.74, 6) is 0.668. The standard InChI is InChI=1S/C23H24N4OS2/c1-5-26-21-9-7-6-8-19(21)25-22(26)29-13-18-14-30-23(24-18)27(17(4)28)20-11-10-15(2)12-16(20)3/h6-12,14H,5,13H2,1-4H3. The molecule has 2 aromatic heterocycles. The maximum absolute atomic E-state index is 12.4. The van der Waals surface area contributed by atoms with Gasteiger partial charge in [0.05, 0.1) is 22.4 Å². The number of hydrogen-bond acceptors (Lipinski definition) is 5. The third kappa shape index (κ3) is 4.00. The van der Waals surface area contributed by atoms with Gasteiger partial charge in [0.15, 0.2) is 10.3 Å². The Hall–Kier alpha value is -2.64. The van der Waals surface area contributed by atoms with Crippen molar-refractivity contribution in [1.29, 1.82) is 0 Å². The number of fused-ring (bicyclic) bond motifs is 1. The van der Waals surface area contributed by atoms with Gasteiger partial charge in [0.1, 0.15) is 0 Å². The fourth-order valence-electron chi connectivity index (χ4n) is 3.54. The lowest BCUT2D eigenvalue weighted by molar-refractivity contribution is -0.115. The van der Waals surface area contributed by atoms with Crippen LogP contribution in [-0.2, 0) is 17.1 Å². The number of hydrogen-bond donors (Lipinski definition) is 0. The third-order valence-corrected chi connectivity index (χ3v) is 6.81. The first-order valence-corrected chi connectivity index (χ1v) is 11.7. The Kier molecular flexibility index (Phi) is 5.92. The lowest BCUT2D eigenvalue weighted by Crippen LogP contribution is -2.23. The van der Waals surface area contributed by atoms with Gasteiger partial charge in [-0.1, -0.05) is 41.6 Å². The maximum Gasteiger partial charge on any atom is 0.230 e. The van der Waals surface area contributed by atoms with Gasteiger partial charge < -0.3 is 4.57 Å². The Labute approximate surface area is 184 Å². The van der Waals surface area contributed by atoms with Crippen LogP contribution in [0.3, 0.4) is 0 Å². The third-order valence-electron chi connectivity index (χ3n) is 4.92. The molecule has 2 aromatic carbocycles. The van der Waals surface area contributed by atoms with Gasteiger partial charge in [-0.2, -0.15) is 0 Å². The molecule has 4 aromatic rings. The van der Waals surface area contributed by atoms with E-state index in [9.17, 15) is 4.79 Å². The number of imidazole rings is 1. The number of aryl methyl sites for hydroxylation is 3. The van der Waals surface area contributed by atoms with Crippen molar-refractivity contribution in [2.75, 3.05) is 4.90 Å². The van der Waals surface area contributed by atoms with Crippen molar-refractivity contribution in [1.82, 2.24) is 14.5 Å². The summed E-state index contributed by atoms with van der Waals surface area (Å²) in [6.07, 6.45) is 0. The largest absolute Gasteiger partial charge is 0.319 e. The highest BCUT2D eigenvalue weighted by molar-refractivity contribution is 7.98. The minimum absolute atomic E-state index is 0.0386. The summed E-state index contributed by atoms with van der Waals surface area (Å²) in [5, 5.41) is 3.72. The highest BCUT2D eigenvalue weighted by atomic mass is 32.2. The zero-order valence-corrected chi connectivity index (χ0v) is 19.2. The van der Waals surface area contributed by atoms with Crippen LogP contribution in [0.15, 0.2) is 53.0 Å². The van der Waals surface area contributed by atoms with Gasteiger partial charge in [-0.15, -0.1) is 11.3 Å². The number of anilines is 2. The molecule has 154 valence electrons. The van der Waals surface area contributed by atoms with E-state index < -0.39 is 0 Å². The molecular weight excluding hydrogens is 412 g/mol. The fraction of sp³-hybridized carbons (Fsp3) is 0.261. The molecule has 0 radical (unpaired) electrons. The van der Waals surface area contributed by atoms with E-state index in [0.29, 0.717) is 10.9 Å². The maximum atomic E-state index is 12.4. The highest BCUT2D eigenvalue weighted by Crippen LogP contribution is 2.33. The van der Waals surface area contributed by atoms with Crippen LogP contribution in [0.1, 0.15) is 30.7 Å². The minimum atomic E-state index is -0.0386.